The van der Waals surface area contributed by atoms with Crippen molar-refractivity contribution in [2.75, 3.05) is 5.73 Å². The van der Waals surface area contributed by atoms with E-state index in [1.165, 1.54) is 6.20 Å². The predicted molar refractivity (Wildman–Crippen MR) is 49.0 cm³/mol. The fraction of sp³-hybridized carbons (Fsp3) is 0. The number of anilines is 1. The van der Waals surface area contributed by atoms with Crippen molar-refractivity contribution in [3.8, 4) is 0 Å². The third-order valence-corrected chi connectivity index (χ3v) is 1.72. The van der Waals surface area contributed by atoms with Crippen LogP contribution in [-0.2, 0) is 0 Å². The van der Waals surface area contributed by atoms with E-state index in [9.17, 15) is 0 Å². The predicted octanol–water partition coefficient (Wildman–Crippen LogP) is 1.87. The van der Waals surface area contributed by atoms with E-state index in [-0.39, 0.29) is 0 Å². The van der Waals surface area contributed by atoms with E-state index in [0.717, 1.165) is 11.0 Å². The topological polar surface area (TPSA) is 51.8 Å². The first kappa shape index (κ1) is 7.31. The maximum Gasteiger partial charge on any atom is 0.148 e. The summed E-state index contributed by atoms with van der Waals surface area (Å²) in [5.41, 5.74) is 7.77. The average Bonchev–Trinajstić information content (AvgIpc) is 2.05. The second-order valence-electron chi connectivity index (χ2n) is 2.44. The molecule has 0 atom stereocenters. The number of nitrogen functional groups attached to an aromatic ring is 1. The summed E-state index contributed by atoms with van der Waals surface area (Å²) in [6.07, 6.45) is 1.50. The Bertz CT molecular complexity index is 386. The Morgan fingerprint density at radius 3 is 2.92 bits per heavy atom. The lowest BCUT2D eigenvalue weighted by atomic mass is 10.3. The first-order valence-corrected chi connectivity index (χ1v) is 3.81. The molecule has 3 nitrogen and oxygen atoms in total. The van der Waals surface area contributed by atoms with Gasteiger partial charge in [0.05, 0.1) is 17.2 Å². The Morgan fingerprint density at radius 1 is 1.25 bits per heavy atom. The molecule has 2 aromatic rings. The third kappa shape index (κ3) is 1.19. The van der Waals surface area contributed by atoms with E-state index in [0.29, 0.717) is 10.8 Å². The highest BCUT2D eigenvalue weighted by Crippen LogP contribution is 2.14. The van der Waals surface area contributed by atoms with Crippen molar-refractivity contribution >= 4 is 28.3 Å². The van der Waals surface area contributed by atoms with Crippen LogP contribution in [0.25, 0.3) is 11.0 Å². The minimum absolute atomic E-state index is 0.396. The monoisotopic (exact) mass is 179 g/mol. The Balaban J connectivity index is 2.79. The van der Waals surface area contributed by atoms with Gasteiger partial charge >= 0.3 is 0 Å². The lowest BCUT2D eigenvalue weighted by molar-refractivity contribution is 1.29. The summed E-state index contributed by atoms with van der Waals surface area (Å²) in [7, 11) is 0. The van der Waals surface area contributed by atoms with Crippen LogP contribution in [0.3, 0.4) is 0 Å². The molecular formula is C8H6ClN3. The molecule has 1 heterocycles. The summed E-state index contributed by atoms with van der Waals surface area (Å²) >= 11 is 5.65. The standard InChI is InChI=1S/C8H6ClN3/c9-8-4-11-7-3-5(10)1-2-6(7)12-8/h1-4H,10H2. The quantitative estimate of drug-likeness (QED) is 0.628. The number of fused-ring (bicyclic) bond motifs is 1. The molecule has 2 rings (SSSR count). The summed E-state index contributed by atoms with van der Waals surface area (Å²) in [4.78, 5) is 8.13. The summed E-state index contributed by atoms with van der Waals surface area (Å²) in [6, 6.07) is 5.33. The van der Waals surface area contributed by atoms with Gasteiger partial charge in [-0.25, -0.2) is 4.98 Å². The van der Waals surface area contributed by atoms with Crippen molar-refractivity contribution in [1.82, 2.24) is 9.97 Å². The van der Waals surface area contributed by atoms with Gasteiger partial charge in [-0.15, -0.1) is 0 Å². The summed E-state index contributed by atoms with van der Waals surface area (Å²) < 4.78 is 0. The molecule has 12 heavy (non-hydrogen) atoms. The molecule has 0 fully saturated rings. The Kier molecular flexibility index (Phi) is 1.59. The maximum atomic E-state index is 5.65. The van der Waals surface area contributed by atoms with Gasteiger partial charge in [-0.2, -0.15) is 0 Å². The van der Waals surface area contributed by atoms with Crippen LogP contribution in [0.5, 0.6) is 0 Å². The number of hydrogen-bond donors (Lipinski definition) is 1. The number of aromatic nitrogens is 2. The van der Waals surface area contributed by atoms with Crippen molar-refractivity contribution < 1.29 is 0 Å². The number of hydrogen-bond acceptors (Lipinski definition) is 3. The summed E-state index contributed by atoms with van der Waals surface area (Å²) in [5, 5.41) is 0.396. The van der Waals surface area contributed by atoms with Gasteiger partial charge < -0.3 is 5.73 Å². The van der Waals surface area contributed by atoms with Crippen LogP contribution in [-0.4, -0.2) is 9.97 Å². The number of rotatable bonds is 0. The number of nitrogens with zero attached hydrogens (tertiary/aromatic N) is 2. The van der Waals surface area contributed by atoms with Crippen LogP contribution in [0.1, 0.15) is 0 Å². The van der Waals surface area contributed by atoms with Crippen molar-refractivity contribution in [3.63, 3.8) is 0 Å². The van der Waals surface area contributed by atoms with Crippen LogP contribution in [0.4, 0.5) is 5.69 Å². The van der Waals surface area contributed by atoms with Gasteiger partial charge in [0, 0.05) is 5.69 Å². The SMILES string of the molecule is Nc1ccc2nc(Cl)cnc2c1. The smallest absolute Gasteiger partial charge is 0.148 e. The normalized spacial score (nSPS) is 10.4. The largest absolute Gasteiger partial charge is 0.399 e. The minimum Gasteiger partial charge on any atom is -0.399 e. The number of benzene rings is 1. The highest BCUT2D eigenvalue weighted by molar-refractivity contribution is 6.29. The van der Waals surface area contributed by atoms with Gasteiger partial charge in [0.15, 0.2) is 0 Å². The highest BCUT2D eigenvalue weighted by atomic mass is 35.5. The van der Waals surface area contributed by atoms with E-state index in [2.05, 4.69) is 9.97 Å². The molecule has 0 saturated heterocycles. The first-order valence-electron chi connectivity index (χ1n) is 3.43. The summed E-state index contributed by atoms with van der Waals surface area (Å²) in [5.74, 6) is 0. The molecule has 0 unspecified atom stereocenters. The zero-order valence-corrected chi connectivity index (χ0v) is 6.92. The van der Waals surface area contributed by atoms with Crippen LogP contribution in [0.15, 0.2) is 24.4 Å². The molecule has 60 valence electrons. The third-order valence-electron chi connectivity index (χ3n) is 1.54. The van der Waals surface area contributed by atoms with Gasteiger partial charge in [-0.1, -0.05) is 11.6 Å². The highest BCUT2D eigenvalue weighted by Gasteiger charge is 1.96. The fourth-order valence-corrected chi connectivity index (χ4v) is 1.15. The zero-order chi connectivity index (χ0) is 8.55. The molecule has 0 amide bonds. The van der Waals surface area contributed by atoms with Gasteiger partial charge in [-0.05, 0) is 18.2 Å². The Hall–Kier alpha value is -1.35. The van der Waals surface area contributed by atoms with Crippen molar-refractivity contribution in [2.45, 2.75) is 0 Å². The van der Waals surface area contributed by atoms with E-state index in [1.54, 1.807) is 18.2 Å². The number of halogens is 1. The second-order valence-corrected chi connectivity index (χ2v) is 2.83. The van der Waals surface area contributed by atoms with Crippen LogP contribution >= 0.6 is 11.6 Å². The lowest BCUT2D eigenvalue weighted by Gasteiger charge is -1.97. The molecule has 0 radical (unpaired) electrons. The molecule has 4 heteroatoms. The number of nitrogens with two attached hydrogens (primary N) is 1. The van der Waals surface area contributed by atoms with Crippen molar-refractivity contribution in [1.29, 1.82) is 0 Å². The molecule has 0 bridgehead atoms. The maximum absolute atomic E-state index is 5.65. The molecular weight excluding hydrogens is 174 g/mol. The molecule has 0 aliphatic carbocycles. The lowest BCUT2D eigenvalue weighted by Crippen LogP contribution is -1.87. The van der Waals surface area contributed by atoms with Gasteiger partial charge in [0.1, 0.15) is 5.15 Å². The van der Waals surface area contributed by atoms with E-state index in [1.807, 2.05) is 0 Å². The second kappa shape index (κ2) is 2.60. The van der Waals surface area contributed by atoms with Gasteiger partial charge in [0.2, 0.25) is 0 Å². The zero-order valence-electron chi connectivity index (χ0n) is 6.16. The molecule has 0 spiro atoms. The molecule has 0 aliphatic rings. The van der Waals surface area contributed by atoms with Crippen molar-refractivity contribution in [3.05, 3.63) is 29.5 Å². The molecule has 0 saturated carbocycles. The fourth-order valence-electron chi connectivity index (χ4n) is 1.01. The average molecular weight is 180 g/mol. The Labute approximate surface area is 74.2 Å². The molecule has 0 aliphatic heterocycles. The van der Waals surface area contributed by atoms with Crippen molar-refractivity contribution in [2.24, 2.45) is 0 Å². The minimum atomic E-state index is 0.396. The van der Waals surface area contributed by atoms with Crippen LogP contribution in [0.2, 0.25) is 5.15 Å². The van der Waals surface area contributed by atoms with Crippen LogP contribution in [0, 0.1) is 0 Å². The van der Waals surface area contributed by atoms with Crippen LogP contribution < -0.4 is 5.73 Å². The van der Waals surface area contributed by atoms with E-state index in [4.69, 9.17) is 17.3 Å². The van der Waals surface area contributed by atoms with E-state index >= 15 is 0 Å². The van der Waals surface area contributed by atoms with E-state index < -0.39 is 0 Å². The summed E-state index contributed by atoms with van der Waals surface area (Å²) in [6.45, 7) is 0. The first-order chi connectivity index (χ1) is 5.75. The molecule has 2 N–H and O–H groups in total. The molecule has 1 aromatic carbocycles. The molecule has 1 aromatic heterocycles. The Morgan fingerprint density at radius 2 is 2.08 bits per heavy atom. The van der Waals surface area contributed by atoms with Gasteiger partial charge in [-0.3, -0.25) is 4.98 Å². The van der Waals surface area contributed by atoms with Gasteiger partial charge in [0.25, 0.3) is 0 Å².